The third kappa shape index (κ3) is 4.43. The zero-order valence-corrected chi connectivity index (χ0v) is 12.3. The van der Waals surface area contributed by atoms with E-state index < -0.39 is 10.0 Å². The molecule has 0 fully saturated rings. The van der Waals surface area contributed by atoms with Crippen molar-refractivity contribution in [2.45, 2.75) is 31.1 Å². The molecular weight excluding hydrogens is 284 g/mol. The highest BCUT2D eigenvalue weighted by Crippen LogP contribution is 2.25. The second-order valence-electron chi connectivity index (χ2n) is 4.18. The van der Waals surface area contributed by atoms with Crippen LogP contribution in [-0.4, -0.2) is 15.0 Å². The smallest absolute Gasteiger partial charge is 0.240 e. The molecule has 1 aromatic carbocycles. The first-order valence-electron chi connectivity index (χ1n) is 5.87. The van der Waals surface area contributed by atoms with Gasteiger partial charge in [0.1, 0.15) is 0 Å². The van der Waals surface area contributed by atoms with Gasteiger partial charge in [0.15, 0.2) is 0 Å². The number of nitrogens with two attached hydrogens (primary N) is 1. The summed E-state index contributed by atoms with van der Waals surface area (Å²) in [5.74, 6) is 2.51. The monoisotopic (exact) mass is 300 g/mol. The van der Waals surface area contributed by atoms with Crippen molar-refractivity contribution in [2.24, 2.45) is 0 Å². The van der Waals surface area contributed by atoms with E-state index in [1.54, 1.807) is 6.92 Å². The lowest BCUT2D eigenvalue weighted by atomic mass is 10.2. The minimum absolute atomic E-state index is 0.0811. The van der Waals surface area contributed by atoms with E-state index >= 15 is 0 Å². The van der Waals surface area contributed by atoms with Crippen LogP contribution in [0.1, 0.15) is 24.8 Å². The van der Waals surface area contributed by atoms with Crippen molar-refractivity contribution in [1.29, 1.82) is 0 Å². The van der Waals surface area contributed by atoms with Gasteiger partial charge in [-0.2, -0.15) is 0 Å². The number of benzene rings is 1. The molecule has 3 N–H and O–H groups in total. The molecule has 0 saturated heterocycles. The molecule has 0 heterocycles. The molecule has 0 amide bonds. The predicted molar refractivity (Wildman–Crippen MR) is 78.5 cm³/mol. The third-order valence-corrected chi connectivity index (χ3v) is 4.54. The van der Waals surface area contributed by atoms with Gasteiger partial charge in [-0.25, -0.2) is 13.1 Å². The van der Waals surface area contributed by atoms with Gasteiger partial charge in [0.2, 0.25) is 10.0 Å². The summed E-state index contributed by atoms with van der Waals surface area (Å²) in [6, 6.07) is 2.81. The summed E-state index contributed by atoms with van der Waals surface area (Å²) in [6.45, 7) is 2.08. The number of terminal acetylenes is 1. The van der Waals surface area contributed by atoms with Crippen molar-refractivity contribution >= 4 is 27.3 Å². The molecule has 0 radical (unpaired) electrons. The largest absolute Gasteiger partial charge is 0.398 e. The molecule has 1 aromatic rings. The molecule has 0 aromatic heterocycles. The van der Waals surface area contributed by atoms with Crippen molar-refractivity contribution < 1.29 is 8.42 Å². The lowest BCUT2D eigenvalue weighted by Gasteiger charge is -2.09. The highest BCUT2D eigenvalue weighted by molar-refractivity contribution is 7.89. The molecule has 0 atom stereocenters. The quantitative estimate of drug-likeness (QED) is 0.481. The number of nitrogens with one attached hydrogen (secondary N) is 1. The Bertz CT molecular complexity index is 568. The number of sulfonamides is 1. The topological polar surface area (TPSA) is 72.2 Å². The Morgan fingerprint density at radius 1 is 1.42 bits per heavy atom. The summed E-state index contributed by atoms with van der Waals surface area (Å²) in [4.78, 5) is 0.0811. The normalized spacial score (nSPS) is 11.2. The first-order chi connectivity index (χ1) is 8.88. The van der Waals surface area contributed by atoms with Crippen LogP contribution in [0.2, 0.25) is 5.02 Å². The van der Waals surface area contributed by atoms with Crippen molar-refractivity contribution in [3.63, 3.8) is 0 Å². The van der Waals surface area contributed by atoms with E-state index in [-0.39, 0.29) is 4.90 Å². The van der Waals surface area contributed by atoms with E-state index in [2.05, 4.69) is 10.6 Å². The molecule has 4 nitrogen and oxygen atoms in total. The second kappa shape index (κ2) is 6.80. The van der Waals surface area contributed by atoms with Crippen LogP contribution in [0, 0.1) is 19.3 Å². The number of hydrogen-bond acceptors (Lipinski definition) is 3. The van der Waals surface area contributed by atoms with Crippen LogP contribution in [0.4, 0.5) is 5.69 Å². The molecule has 104 valence electrons. The Hall–Kier alpha value is -1.22. The Morgan fingerprint density at radius 2 is 2.11 bits per heavy atom. The molecule has 0 spiro atoms. The first-order valence-corrected chi connectivity index (χ1v) is 7.73. The molecule has 6 heteroatoms. The zero-order valence-electron chi connectivity index (χ0n) is 10.7. The second-order valence-corrected chi connectivity index (χ2v) is 6.35. The summed E-state index contributed by atoms with van der Waals surface area (Å²) in [6.07, 6.45) is 7.24. The summed E-state index contributed by atoms with van der Waals surface area (Å²) in [5, 5.41) is 0.340. The van der Waals surface area contributed by atoms with Gasteiger partial charge >= 0.3 is 0 Å². The number of rotatable bonds is 6. The number of anilines is 1. The summed E-state index contributed by atoms with van der Waals surface area (Å²) in [5.41, 5.74) is 6.75. The fourth-order valence-electron chi connectivity index (χ4n) is 1.47. The molecule has 19 heavy (non-hydrogen) atoms. The SMILES string of the molecule is C#CCCCCNS(=O)(=O)c1cc(N)c(C)c(Cl)c1. The average Bonchev–Trinajstić information content (AvgIpc) is 2.35. The lowest BCUT2D eigenvalue weighted by molar-refractivity contribution is 0.577. The Labute approximate surface area is 119 Å². The lowest BCUT2D eigenvalue weighted by Crippen LogP contribution is -2.25. The van der Waals surface area contributed by atoms with Gasteiger partial charge < -0.3 is 5.73 Å². The Kier molecular flexibility index (Phi) is 5.67. The molecule has 0 bridgehead atoms. The maximum atomic E-state index is 12.0. The number of hydrogen-bond donors (Lipinski definition) is 2. The number of unbranched alkanes of at least 4 members (excludes halogenated alkanes) is 2. The minimum atomic E-state index is -3.58. The van der Waals surface area contributed by atoms with Crippen LogP contribution >= 0.6 is 11.6 Å². The summed E-state index contributed by atoms with van der Waals surface area (Å²) in [7, 11) is -3.58. The van der Waals surface area contributed by atoms with Crippen LogP contribution in [0.3, 0.4) is 0 Å². The molecular formula is C13H17ClN2O2S. The molecule has 0 unspecified atom stereocenters. The van der Waals surface area contributed by atoms with E-state index in [1.807, 2.05) is 0 Å². The van der Waals surface area contributed by atoms with Gasteiger partial charge in [-0.3, -0.25) is 0 Å². The van der Waals surface area contributed by atoms with Gasteiger partial charge in [0.25, 0.3) is 0 Å². The number of nitrogen functional groups attached to an aromatic ring is 1. The fourth-order valence-corrected chi connectivity index (χ4v) is 2.90. The predicted octanol–water partition coefficient (Wildman–Crippen LogP) is 2.31. The van der Waals surface area contributed by atoms with Crippen molar-refractivity contribution in [3.8, 4) is 12.3 Å². The summed E-state index contributed by atoms with van der Waals surface area (Å²) < 4.78 is 26.5. The van der Waals surface area contributed by atoms with Crippen molar-refractivity contribution in [3.05, 3.63) is 22.7 Å². The van der Waals surface area contributed by atoms with Crippen LogP contribution in [0.25, 0.3) is 0 Å². The Balaban J connectivity index is 2.76. The van der Waals surface area contributed by atoms with E-state index in [0.717, 1.165) is 6.42 Å². The minimum Gasteiger partial charge on any atom is -0.398 e. The maximum absolute atomic E-state index is 12.0. The van der Waals surface area contributed by atoms with Crippen molar-refractivity contribution in [2.75, 3.05) is 12.3 Å². The Morgan fingerprint density at radius 3 is 2.68 bits per heavy atom. The number of halogens is 1. The molecule has 0 aliphatic carbocycles. The van der Waals surface area contributed by atoms with Crippen LogP contribution in [0.5, 0.6) is 0 Å². The highest BCUT2D eigenvalue weighted by Gasteiger charge is 2.16. The highest BCUT2D eigenvalue weighted by atomic mass is 35.5. The van der Waals surface area contributed by atoms with Gasteiger partial charge in [0, 0.05) is 23.7 Å². The van der Waals surface area contributed by atoms with E-state index in [4.69, 9.17) is 23.8 Å². The van der Waals surface area contributed by atoms with Gasteiger partial charge in [-0.05, 0) is 37.5 Å². The molecule has 1 rings (SSSR count). The van der Waals surface area contributed by atoms with Crippen molar-refractivity contribution in [1.82, 2.24) is 4.72 Å². The summed E-state index contributed by atoms with van der Waals surface area (Å²) >= 11 is 5.93. The molecule has 0 aliphatic rings. The van der Waals surface area contributed by atoms with Gasteiger partial charge in [-0.1, -0.05) is 11.6 Å². The van der Waals surface area contributed by atoms with Gasteiger partial charge in [-0.15, -0.1) is 12.3 Å². The fraction of sp³-hybridized carbons (Fsp3) is 0.385. The van der Waals surface area contributed by atoms with E-state index in [0.29, 0.717) is 35.7 Å². The molecule has 0 aliphatic heterocycles. The van der Waals surface area contributed by atoms with Crippen LogP contribution < -0.4 is 10.5 Å². The standard InChI is InChI=1S/C13H17ClN2O2S/c1-3-4-5-6-7-16-19(17,18)11-8-12(14)10(2)13(15)9-11/h1,8-9,16H,4-7,15H2,2H3. The third-order valence-electron chi connectivity index (χ3n) is 2.71. The van der Waals surface area contributed by atoms with Crippen LogP contribution in [-0.2, 0) is 10.0 Å². The first kappa shape index (κ1) is 15.8. The van der Waals surface area contributed by atoms with E-state index in [1.165, 1.54) is 12.1 Å². The van der Waals surface area contributed by atoms with Gasteiger partial charge in [0.05, 0.1) is 4.90 Å². The maximum Gasteiger partial charge on any atom is 0.240 e. The van der Waals surface area contributed by atoms with Crippen LogP contribution in [0.15, 0.2) is 17.0 Å². The van der Waals surface area contributed by atoms with E-state index in [9.17, 15) is 8.42 Å². The zero-order chi connectivity index (χ0) is 14.5. The average molecular weight is 301 g/mol. The molecule has 0 saturated carbocycles.